The minimum atomic E-state index is -0.199. The monoisotopic (exact) mass is 381 g/mol. The van der Waals surface area contributed by atoms with Crippen molar-refractivity contribution in [2.75, 3.05) is 12.3 Å². The van der Waals surface area contributed by atoms with Crippen molar-refractivity contribution in [3.8, 4) is 0 Å². The SMILES string of the molecule is O=C1c2ccccc2C(=O)N1CCSc1ncnc2sc3c(c12)CCC3. The molecular weight excluding hydrogens is 366 g/mol. The van der Waals surface area contributed by atoms with Crippen molar-refractivity contribution in [3.63, 3.8) is 0 Å². The maximum atomic E-state index is 12.4. The number of hydrogen-bond donors (Lipinski definition) is 0. The number of benzene rings is 1. The van der Waals surface area contributed by atoms with Crippen LogP contribution in [0, 0.1) is 0 Å². The van der Waals surface area contributed by atoms with Gasteiger partial charge in [-0.15, -0.1) is 23.1 Å². The fourth-order valence-corrected chi connectivity index (χ4v) is 5.93. The van der Waals surface area contributed by atoms with Gasteiger partial charge in [-0.05, 0) is 37.0 Å². The lowest BCUT2D eigenvalue weighted by Crippen LogP contribution is -2.31. The van der Waals surface area contributed by atoms with Crippen LogP contribution in [-0.2, 0) is 12.8 Å². The van der Waals surface area contributed by atoms with Crippen LogP contribution in [0.15, 0.2) is 35.6 Å². The number of hydrogen-bond acceptors (Lipinski definition) is 6. The molecule has 2 amide bonds. The molecule has 2 aliphatic rings. The van der Waals surface area contributed by atoms with Gasteiger partial charge >= 0.3 is 0 Å². The molecule has 0 saturated carbocycles. The Kier molecular flexibility index (Phi) is 3.79. The number of rotatable bonds is 4. The Morgan fingerprint density at radius 3 is 2.62 bits per heavy atom. The van der Waals surface area contributed by atoms with Crippen LogP contribution in [0.1, 0.15) is 37.6 Å². The molecule has 26 heavy (non-hydrogen) atoms. The first-order valence-corrected chi connectivity index (χ1v) is 10.4. The molecule has 0 spiro atoms. The summed E-state index contributed by atoms with van der Waals surface area (Å²) >= 11 is 3.37. The van der Waals surface area contributed by atoms with Gasteiger partial charge in [-0.3, -0.25) is 14.5 Å². The van der Waals surface area contributed by atoms with Gasteiger partial charge < -0.3 is 0 Å². The summed E-state index contributed by atoms with van der Waals surface area (Å²) in [5.74, 6) is 0.230. The summed E-state index contributed by atoms with van der Waals surface area (Å²) in [6.45, 7) is 0.384. The van der Waals surface area contributed by atoms with Gasteiger partial charge in [0.1, 0.15) is 16.2 Å². The highest BCUT2D eigenvalue weighted by Crippen LogP contribution is 2.40. The van der Waals surface area contributed by atoms with Crippen LogP contribution in [0.4, 0.5) is 0 Å². The number of carbonyl (C=O) groups excluding carboxylic acids is 2. The lowest BCUT2D eigenvalue weighted by Gasteiger charge is -2.13. The van der Waals surface area contributed by atoms with Crippen molar-refractivity contribution >= 4 is 45.1 Å². The summed E-state index contributed by atoms with van der Waals surface area (Å²) in [5.41, 5.74) is 2.40. The number of carbonyl (C=O) groups is 2. The van der Waals surface area contributed by atoms with Crippen molar-refractivity contribution in [1.29, 1.82) is 0 Å². The van der Waals surface area contributed by atoms with Crippen molar-refractivity contribution in [2.45, 2.75) is 24.3 Å². The number of fused-ring (bicyclic) bond motifs is 4. The Morgan fingerprint density at radius 2 is 1.85 bits per heavy atom. The Hall–Kier alpha value is -2.25. The first-order chi connectivity index (χ1) is 12.7. The van der Waals surface area contributed by atoms with Crippen LogP contribution in [0.2, 0.25) is 0 Å². The van der Waals surface area contributed by atoms with E-state index in [9.17, 15) is 9.59 Å². The largest absolute Gasteiger partial charge is 0.273 e. The number of amides is 2. The molecule has 0 unspecified atom stereocenters. The fourth-order valence-electron chi connectivity index (χ4n) is 3.68. The second kappa shape index (κ2) is 6.17. The molecule has 5 nitrogen and oxygen atoms in total. The van der Waals surface area contributed by atoms with Crippen molar-refractivity contribution in [3.05, 3.63) is 52.2 Å². The van der Waals surface area contributed by atoms with E-state index in [-0.39, 0.29) is 11.8 Å². The molecule has 0 atom stereocenters. The first-order valence-electron chi connectivity index (χ1n) is 8.57. The highest BCUT2D eigenvalue weighted by Gasteiger charge is 2.34. The Balaban J connectivity index is 1.35. The molecule has 0 bridgehead atoms. The van der Waals surface area contributed by atoms with Gasteiger partial charge in [0.05, 0.1) is 11.1 Å². The minimum Gasteiger partial charge on any atom is -0.273 e. The number of aryl methyl sites for hydroxylation is 2. The number of nitrogens with zero attached hydrogens (tertiary/aromatic N) is 3. The van der Waals surface area contributed by atoms with E-state index < -0.39 is 0 Å². The van der Waals surface area contributed by atoms with Crippen LogP contribution < -0.4 is 0 Å². The van der Waals surface area contributed by atoms with Gasteiger partial charge in [0.15, 0.2) is 0 Å². The molecular formula is C19H15N3O2S2. The summed E-state index contributed by atoms with van der Waals surface area (Å²) in [5, 5.41) is 2.14. The molecule has 1 aliphatic heterocycles. The van der Waals surface area contributed by atoms with Gasteiger partial charge in [0.2, 0.25) is 0 Å². The molecule has 7 heteroatoms. The molecule has 0 fully saturated rings. The molecule has 3 aromatic rings. The molecule has 3 heterocycles. The van der Waals surface area contributed by atoms with Gasteiger partial charge in [-0.1, -0.05) is 12.1 Å². The predicted molar refractivity (Wildman–Crippen MR) is 102 cm³/mol. The molecule has 5 rings (SSSR count). The zero-order valence-corrected chi connectivity index (χ0v) is 15.5. The smallest absolute Gasteiger partial charge is 0.261 e. The van der Waals surface area contributed by atoms with Gasteiger partial charge in [0, 0.05) is 22.6 Å². The minimum absolute atomic E-state index is 0.199. The summed E-state index contributed by atoms with van der Waals surface area (Å²) in [4.78, 5) is 37.6. The molecule has 0 radical (unpaired) electrons. The van der Waals surface area contributed by atoms with Gasteiger partial charge in [-0.25, -0.2) is 9.97 Å². The summed E-state index contributed by atoms with van der Waals surface area (Å²) in [7, 11) is 0. The summed E-state index contributed by atoms with van der Waals surface area (Å²) in [6, 6.07) is 7.00. The maximum absolute atomic E-state index is 12.4. The number of imide groups is 1. The fraction of sp³-hybridized carbons (Fsp3) is 0.263. The highest BCUT2D eigenvalue weighted by molar-refractivity contribution is 7.99. The average Bonchev–Trinajstić information content (AvgIpc) is 3.31. The second-order valence-corrected chi connectivity index (χ2v) is 8.54. The zero-order valence-electron chi connectivity index (χ0n) is 13.9. The summed E-state index contributed by atoms with van der Waals surface area (Å²) in [6.07, 6.45) is 5.04. The molecule has 1 aliphatic carbocycles. The zero-order chi connectivity index (χ0) is 17.7. The van der Waals surface area contributed by atoms with Crippen LogP contribution in [-0.4, -0.2) is 39.0 Å². The Labute approximate surface area is 158 Å². The molecule has 2 aromatic heterocycles. The second-order valence-electron chi connectivity index (χ2n) is 6.37. The summed E-state index contributed by atoms with van der Waals surface area (Å²) < 4.78 is 0. The van der Waals surface area contributed by atoms with E-state index in [4.69, 9.17) is 0 Å². The van der Waals surface area contributed by atoms with E-state index in [1.807, 2.05) is 0 Å². The van der Waals surface area contributed by atoms with Crippen LogP contribution in [0.3, 0.4) is 0 Å². The quantitative estimate of drug-likeness (QED) is 0.393. The van der Waals surface area contributed by atoms with Gasteiger partial charge in [-0.2, -0.15) is 0 Å². The lowest BCUT2D eigenvalue weighted by molar-refractivity contribution is 0.0664. The average molecular weight is 381 g/mol. The number of thiophene rings is 1. The third-order valence-electron chi connectivity index (χ3n) is 4.90. The first kappa shape index (κ1) is 16.0. The number of aromatic nitrogens is 2. The Morgan fingerprint density at radius 1 is 1.08 bits per heavy atom. The van der Waals surface area contributed by atoms with Crippen molar-refractivity contribution in [2.24, 2.45) is 0 Å². The van der Waals surface area contributed by atoms with Crippen LogP contribution in [0.5, 0.6) is 0 Å². The van der Waals surface area contributed by atoms with Crippen molar-refractivity contribution < 1.29 is 9.59 Å². The molecule has 0 N–H and O–H groups in total. The lowest BCUT2D eigenvalue weighted by atomic mass is 10.1. The van der Waals surface area contributed by atoms with E-state index in [0.717, 1.165) is 22.7 Å². The molecule has 0 saturated heterocycles. The number of thioether (sulfide) groups is 1. The van der Waals surface area contributed by atoms with E-state index in [0.29, 0.717) is 23.4 Å². The van der Waals surface area contributed by atoms with E-state index in [2.05, 4.69) is 9.97 Å². The molecule has 1 aromatic carbocycles. The van der Waals surface area contributed by atoms with E-state index in [1.54, 1.807) is 53.7 Å². The van der Waals surface area contributed by atoms with E-state index in [1.165, 1.54) is 27.1 Å². The third-order valence-corrected chi connectivity index (χ3v) is 7.07. The third kappa shape index (κ3) is 2.38. The van der Waals surface area contributed by atoms with Crippen molar-refractivity contribution in [1.82, 2.24) is 14.9 Å². The highest BCUT2D eigenvalue weighted by atomic mass is 32.2. The van der Waals surface area contributed by atoms with Crippen LogP contribution >= 0.6 is 23.1 Å². The van der Waals surface area contributed by atoms with Gasteiger partial charge in [0.25, 0.3) is 11.8 Å². The standard InChI is InChI=1S/C19H15N3O2S2/c23-18-11-4-1-2-5-12(11)19(24)22(18)8-9-25-16-15-13-6-3-7-14(13)26-17(15)21-10-20-16/h1-2,4-5,10H,3,6-9H2. The van der Waals surface area contributed by atoms with E-state index >= 15 is 0 Å². The normalized spacial score (nSPS) is 15.8. The van der Waals surface area contributed by atoms with Crippen LogP contribution in [0.25, 0.3) is 10.2 Å². The topological polar surface area (TPSA) is 63.2 Å². The predicted octanol–water partition coefficient (Wildman–Crippen LogP) is 3.57. The maximum Gasteiger partial charge on any atom is 0.261 e. The Bertz CT molecular complexity index is 1030. The molecule has 130 valence electrons.